The molecule has 0 saturated heterocycles. The smallest absolute Gasteiger partial charge is 0.331 e. The van der Waals surface area contributed by atoms with Gasteiger partial charge in [0.1, 0.15) is 5.60 Å². The number of carbonyl (C=O) groups excluding carboxylic acids is 3. The van der Waals surface area contributed by atoms with E-state index in [9.17, 15) is 14.4 Å². The van der Waals surface area contributed by atoms with Crippen molar-refractivity contribution in [2.24, 2.45) is 5.73 Å². The number of esters is 2. The molecule has 0 aromatic heterocycles. The van der Waals surface area contributed by atoms with Gasteiger partial charge in [-0.25, -0.2) is 4.79 Å². The number of hydrogen-bond donors (Lipinski definition) is 2. The molecule has 0 spiro atoms. The van der Waals surface area contributed by atoms with Crippen molar-refractivity contribution in [3.8, 4) is 0 Å². The van der Waals surface area contributed by atoms with Crippen LogP contribution in [0.3, 0.4) is 0 Å². The SMILES string of the molecule is COC(=O)[C@@H](NC(=O)[C@@H](N)CCC(=O)OC(C)(C)C)[C@H](C)OC(C)(C)C. The Balaban J connectivity index is 4.78. The van der Waals surface area contributed by atoms with Gasteiger partial charge in [0.15, 0.2) is 6.04 Å². The van der Waals surface area contributed by atoms with E-state index in [1.807, 2.05) is 20.8 Å². The van der Waals surface area contributed by atoms with E-state index >= 15 is 0 Å². The van der Waals surface area contributed by atoms with Crippen molar-refractivity contribution in [1.82, 2.24) is 5.32 Å². The van der Waals surface area contributed by atoms with Crippen LogP contribution in [0.1, 0.15) is 61.3 Å². The highest BCUT2D eigenvalue weighted by molar-refractivity contribution is 5.88. The summed E-state index contributed by atoms with van der Waals surface area (Å²) >= 11 is 0. The Kier molecular flexibility index (Phi) is 9.24. The summed E-state index contributed by atoms with van der Waals surface area (Å²) in [5, 5.41) is 2.55. The second-order valence-corrected chi connectivity index (χ2v) is 8.18. The third-order valence-corrected chi connectivity index (χ3v) is 3.18. The number of ether oxygens (including phenoxy) is 3. The summed E-state index contributed by atoms with van der Waals surface area (Å²) in [6.07, 6.45) is -0.518. The van der Waals surface area contributed by atoms with E-state index in [2.05, 4.69) is 5.32 Å². The largest absolute Gasteiger partial charge is 0.467 e. The zero-order valence-corrected chi connectivity index (χ0v) is 17.2. The third kappa shape index (κ3) is 10.4. The molecular formula is C18H34N2O6. The van der Waals surface area contributed by atoms with Gasteiger partial charge in [-0.2, -0.15) is 0 Å². The molecule has 0 radical (unpaired) electrons. The van der Waals surface area contributed by atoms with Gasteiger partial charge in [-0.15, -0.1) is 0 Å². The van der Waals surface area contributed by atoms with Gasteiger partial charge in [0.2, 0.25) is 5.91 Å². The predicted molar refractivity (Wildman–Crippen MR) is 97.3 cm³/mol. The standard InChI is InChI=1S/C18H34N2O6/c1-11(25-17(2,3)4)14(16(23)24-8)20-15(22)12(19)9-10-13(21)26-18(5,6)7/h11-12,14H,9-10,19H2,1-8H3,(H,20,22)/t11-,12-,14-/m0/s1. The normalized spacial score (nSPS) is 15.6. The Morgan fingerprint density at radius 1 is 1.04 bits per heavy atom. The topological polar surface area (TPSA) is 117 Å². The van der Waals surface area contributed by atoms with Crippen LogP contribution in [0.4, 0.5) is 0 Å². The Bertz CT molecular complexity index is 493. The molecule has 152 valence electrons. The average Bonchev–Trinajstić information content (AvgIpc) is 2.45. The Labute approximate surface area is 156 Å². The molecule has 0 aliphatic heterocycles. The summed E-state index contributed by atoms with van der Waals surface area (Å²) < 4.78 is 15.6. The van der Waals surface area contributed by atoms with Crippen molar-refractivity contribution >= 4 is 17.8 Å². The van der Waals surface area contributed by atoms with E-state index in [0.717, 1.165) is 0 Å². The summed E-state index contributed by atoms with van der Waals surface area (Å²) in [6, 6.07) is -1.96. The number of nitrogens with two attached hydrogens (primary N) is 1. The number of carbonyl (C=O) groups is 3. The van der Waals surface area contributed by atoms with Crippen LogP contribution in [0.2, 0.25) is 0 Å². The Morgan fingerprint density at radius 3 is 2.00 bits per heavy atom. The number of nitrogens with one attached hydrogen (secondary N) is 1. The molecule has 0 rings (SSSR count). The lowest BCUT2D eigenvalue weighted by atomic mass is 10.1. The first-order valence-corrected chi connectivity index (χ1v) is 8.69. The number of amides is 1. The quantitative estimate of drug-likeness (QED) is 0.615. The monoisotopic (exact) mass is 374 g/mol. The number of methoxy groups -OCH3 is 1. The fourth-order valence-corrected chi connectivity index (χ4v) is 2.18. The first kappa shape index (κ1) is 24.3. The maximum absolute atomic E-state index is 12.3. The van der Waals surface area contributed by atoms with Crippen LogP contribution in [-0.4, -0.2) is 54.3 Å². The summed E-state index contributed by atoms with van der Waals surface area (Å²) in [4.78, 5) is 36.0. The Hall–Kier alpha value is -1.67. The molecule has 0 aromatic carbocycles. The summed E-state index contributed by atoms with van der Waals surface area (Å²) in [5.41, 5.74) is 4.73. The number of rotatable bonds is 8. The van der Waals surface area contributed by atoms with Gasteiger partial charge in [0.25, 0.3) is 0 Å². The van der Waals surface area contributed by atoms with Crippen molar-refractivity contribution in [1.29, 1.82) is 0 Å². The van der Waals surface area contributed by atoms with Gasteiger partial charge in [0, 0.05) is 6.42 Å². The van der Waals surface area contributed by atoms with Crippen molar-refractivity contribution in [2.75, 3.05) is 7.11 Å². The minimum absolute atomic E-state index is 0.00277. The molecule has 0 saturated carbocycles. The van der Waals surface area contributed by atoms with Crippen LogP contribution >= 0.6 is 0 Å². The van der Waals surface area contributed by atoms with Crippen molar-refractivity contribution in [2.45, 2.75) is 90.7 Å². The van der Waals surface area contributed by atoms with Gasteiger partial charge in [0.05, 0.1) is 24.9 Å². The highest BCUT2D eigenvalue weighted by atomic mass is 16.6. The fourth-order valence-electron chi connectivity index (χ4n) is 2.18. The summed E-state index contributed by atoms with van der Waals surface area (Å²) in [6.45, 7) is 12.5. The van der Waals surface area contributed by atoms with Crippen LogP contribution < -0.4 is 11.1 Å². The van der Waals surface area contributed by atoms with Crippen LogP contribution in [0.5, 0.6) is 0 Å². The van der Waals surface area contributed by atoms with E-state index in [1.165, 1.54) is 7.11 Å². The molecule has 0 fully saturated rings. The van der Waals surface area contributed by atoms with Crippen LogP contribution in [0, 0.1) is 0 Å². The van der Waals surface area contributed by atoms with E-state index in [0.29, 0.717) is 0 Å². The lowest BCUT2D eigenvalue weighted by molar-refractivity contribution is -0.156. The maximum Gasteiger partial charge on any atom is 0.331 e. The fraction of sp³-hybridized carbons (Fsp3) is 0.833. The molecular weight excluding hydrogens is 340 g/mol. The molecule has 0 aliphatic carbocycles. The minimum Gasteiger partial charge on any atom is -0.467 e. The van der Waals surface area contributed by atoms with Crippen molar-refractivity contribution < 1.29 is 28.6 Å². The van der Waals surface area contributed by atoms with Crippen LogP contribution in [0.15, 0.2) is 0 Å². The third-order valence-electron chi connectivity index (χ3n) is 3.18. The van der Waals surface area contributed by atoms with Crippen LogP contribution in [-0.2, 0) is 28.6 Å². The second-order valence-electron chi connectivity index (χ2n) is 8.18. The molecule has 0 aliphatic rings. The van der Waals surface area contributed by atoms with Gasteiger partial charge in [-0.3, -0.25) is 9.59 Å². The first-order valence-electron chi connectivity index (χ1n) is 8.69. The zero-order chi connectivity index (χ0) is 20.7. The Morgan fingerprint density at radius 2 is 1.58 bits per heavy atom. The highest BCUT2D eigenvalue weighted by Crippen LogP contribution is 2.14. The molecule has 0 bridgehead atoms. The van der Waals surface area contributed by atoms with Crippen LogP contribution in [0.25, 0.3) is 0 Å². The molecule has 1 amide bonds. The lowest BCUT2D eigenvalue weighted by Crippen LogP contribution is -2.54. The highest BCUT2D eigenvalue weighted by Gasteiger charge is 2.32. The van der Waals surface area contributed by atoms with Gasteiger partial charge < -0.3 is 25.3 Å². The van der Waals surface area contributed by atoms with Gasteiger partial charge in [-0.05, 0) is 54.9 Å². The number of hydrogen-bond acceptors (Lipinski definition) is 7. The molecule has 0 unspecified atom stereocenters. The molecule has 26 heavy (non-hydrogen) atoms. The van der Waals surface area contributed by atoms with Crippen molar-refractivity contribution in [3.05, 3.63) is 0 Å². The first-order chi connectivity index (χ1) is 11.7. The maximum atomic E-state index is 12.3. The molecule has 3 atom stereocenters. The molecule has 0 aromatic rings. The van der Waals surface area contributed by atoms with E-state index in [-0.39, 0.29) is 12.8 Å². The molecule has 8 heteroatoms. The van der Waals surface area contributed by atoms with E-state index < -0.39 is 47.2 Å². The average molecular weight is 374 g/mol. The van der Waals surface area contributed by atoms with Crippen molar-refractivity contribution in [3.63, 3.8) is 0 Å². The van der Waals surface area contributed by atoms with Gasteiger partial charge >= 0.3 is 11.9 Å². The minimum atomic E-state index is -1.00. The van der Waals surface area contributed by atoms with Gasteiger partial charge in [-0.1, -0.05) is 0 Å². The van der Waals surface area contributed by atoms with E-state index in [1.54, 1.807) is 27.7 Å². The predicted octanol–water partition coefficient (Wildman–Crippen LogP) is 1.30. The van der Waals surface area contributed by atoms with E-state index in [4.69, 9.17) is 19.9 Å². The lowest BCUT2D eigenvalue weighted by Gasteiger charge is -2.30. The zero-order valence-electron chi connectivity index (χ0n) is 17.2. The molecule has 0 heterocycles. The molecule has 8 nitrogen and oxygen atoms in total. The summed E-state index contributed by atoms with van der Waals surface area (Å²) in [5.74, 6) is -1.63. The summed E-state index contributed by atoms with van der Waals surface area (Å²) in [7, 11) is 1.23. The molecule has 3 N–H and O–H groups in total. The second kappa shape index (κ2) is 9.87.